The third-order valence-electron chi connectivity index (χ3n) is 3.61. The van der Waals surface area contributed by atoms with Crippen molar-refractivity contribution in [1.82, 2.24) is 5.32 Å². The molecule has 0 spiro atoms. The van der Waals surface area contributed by atoms with Gasteiger partial charge in [-0.1, -0.05) is 67.6 Å². The molecular weight excluding hydrogens is 260 g/mol. The van der Waals surface area contributed by atoms with Gasteiger partial charge in [0, 0.05) is 18.4 Å². The van der Waals surface area contributed by atoms with E-state index in [2.05, 4.69) is 29.6 Å². The zero-order chi connectivity index (χ0) is 15.1. The molecule has 0 saturated heterocycles. The normalized spacial score (nSPS) is 12.3. The smallest absolute Gasteiger partial charge is 0.219 e. The fourth-order valence-electron chi connectivity index (χ4n) is 2.76. The van der Waals surface area contributed by atoms with Crippen molar-refractivity contribution in [1.29, 1.82) is 0 Å². The molecule has 0 aliphatic rings. The van der Waals surface area contributed by atoms with E-state index in [4.69, 9.17) is 5.73 Å². The summed E-state index contributed by atoms with van der Waals surface area (Å²) in [5, 5.41) is 3.41. The van der Waals surface area contributed by atoms with E-state index in [9.17, 15) is 4.79 Å². The quantitative estimate of drug-likeness (QED) is 0.820. The molecule has 0 saturated carbocycles. The lowest BCUT2D eigenvalue weighted by molar-refractivity contribution is -0.118. The maximum atomic E-state index is 11.4. The van der Waals surface area contributed by atoms with Crippen LogP contribution in [0.1, 0.15) is 30.4 Å². The fraction of sp³-hybridized carbons (Fsp3) is 0.278. The molecule has 1 atom stereocenters. The molecule has 2 aromatic carbocycles. The second-order valence-electron chi connectivity index (χ2n) is 5.13. The van der Waals surface area contributed by atoms with E-state index in [0.29, 0.717) is 6.42 Å². The van der Waals surface area contributed by atoms with Gasteiger partial charge in [0.1, 0.15) is 0 Å². The Labute approximate surface area is 126 Å². The number of rotatable bonds is 7. The molecule has 0 aromatic heterocycles. The molecule has 0 heterocycles. The van der Waals surface area contributed by atoms with E-state index in [1.807, 2.05) is 43.3 Å². The molecule has 3 N–H and O–H groups in total. The number of nitrogens with one attached hydrogen (secondary N) is 1. The van der Waals surface area contributed by atoms with E-state index in [-0.39, 0.29) is 17.9 Å². The third-order valence-corrected chi connectivity index (χ3v) is 3.61. The van der Waals surface area contributed by atoms with E-state index in [1.165, 1.54) is 11.1 Å². The Morgan fingerprint density at radius 1 is 1.00 bits per heavy atom. The van der Waals surface area contributed by atoms with Crippen LogP contribution in [-0.4, -0.2) is 18.5 Å². The molecule has 3 nitrogen and oxygen atoms in total. The Hall–Kier alpha value is -2.13. The number of carbonyl (C=O) groups excluding carboxylic acids is 1. The number of primary amides is 1. The molecule has 1 amide bonds. The number of carbonyl (C=O) groups is 1. The first-order chi connectivity index (χ1) is 10.2. The molecule has 0 aliphatic heterocycles. The number of benzene rings is 2. The van der Waals surface area contributed by atoms with Gasteiger partial charge in [0.15, 0.2) is 0 Å². The number of hydrogen-bond acceptors (Lipinski definition) is 2. The van der Waals surface area contributed by atoms with E-state index >= 15 is 0 Å². The first-order valence-electron chi connectivity index (χ1n) is 7.34. The van der Waals surface area contributed by atoms with E-state index in [1.54, 1.807) is 0 Å². The van der Waals surface area contributed by atoms with Crippen LogP contribution in [0.2, 0.25) is 0 Å². The summed E-state index contributed by atoms with van der Waals surface area (Å²) in [7, 11) is 0. The van der Waals surface area contributed by atoms with Crippen LogP contribution in [-0.2, 0) is 4.79 Å². The maximum absolute atomic E-state index is 11.4. The molecule has 2 aromatic rings. The minimum absolute atomic E-state index is 0.00250. The van der Waals surface area contributed by atoms with Crippen molar-refractivity contribution < 1.29 is 4.79 Å². The zero-order valence-electron chi connectivity index (χ0n) is 12.3. The lowest BCUT2D eigenvalue weighted by Crippen LogP contribution is -2.38. The standard InChI is InChI=1S/C18H22N2O/c1-2-20-16(13-17(19)21)18(14-9-5-3-6-10-14)15-11-7-4-8-12-15/h3-12,16,18,20H,2,13H2,1H3,(H2,19,21). The average molecular weight is 282 g/mol. The van der Waals surface area contributed by atoms with Gasteiger partial charge in [0.25, 0.3) is 0 Å². The molecule has 3 heteroatoms. The van der Waals surface area contributed by atoms with Crippen LogP contribution in [0.5, 0.6) is 0 Å². The SMILES string of the molecule is CCNC(CC(N)=O)C(c1ccccc1)c1ccccc1. The highest BCUT2D eigenvalue weighted by molar-refractivity contribution is 5.74. The van der Waals surface area contributed by atoms with Crippen LogP contribution >= 0.6 is 0 Å². The first kappa shape index (κ1) is 15.3. The lowest BCUT2D eigenvalue weighted by Gasteiger charge is -2.28. The summed E-state index contributed by atoms with van der Waals surface area (Å²) in [5.41, 5.74) is 7.82. The van der Waals surface area contributed by atoms with Gasteiger partial charge in [-0.05, 0) is 17.7 Å². The van der Waals surface area contributed by atoms with Crippen molar-refractivity contribution in [2.45, 2.75) is 25.3 Å². The summed E-state index contributed by atoms with van der Waals surface area (Å²) in [4.78, 5) is 11.4. The van der Waals surface area contributed by atoms with Crippen molar-refractivity contribution in [2.24, 2.45) is 5.73 Å². The number of nitrogens with two attached hydrogens (primary N) is 1. The second-order valence-corrected chi connectivity index (χ2v) is 5.13. The predicted molar refractivity (Wildman–Crippen MR) is 86.0 cm³/mol. The highest BCUT2D eigenvalue weighted by Crippen LogP contribution is 2.29. The summed E-state index contributed by atoms with van der Waals surface area (Å²) in [5.74, 6) is -0.169. The zero-order valence-corrected chi connectivity index (χ0v) is 12.3. The molecular formula is C18H22N2O. The molecule has 110 valence electrons. The van der Waals surface area contributed by atoms with Gasteiger partial charge in [-0.3, -0.25) is 4.79 Å². The van der Waals surface area contributed by atoms with Crippen LogP contribution in [0.3, 0.4) is 0 Å². The number of amides is 1. The highest BCUT2D eigenvalue weighted by Gasteiger charge is 2.25. The van der Waals surface area contributed by atoms with Gasteiger partial charge in [-0.15, -0.1) is 0 Å². The summed E-state index contributed by atoms with van der Waals surface area (Å²) >= 11 is 0. The monoisotopic (exact) mass is 282 g/mol. The van der Waals surface area contributed by atoms with Crippen molar-refractivity contribution in [3.63, 3.8) is 0 Å². The van der Waals surface area contributed by atoms with Crippen molar-refractivity contribution >= 4 is 5.91 Å². The molecule has 21 heavy (non-hydrogen) atoms. The van der Waals surface area contributed by atoms with Crippen LogP contribution in [0.4, 0.5) is 0 Å². The molecule has 2 rings (SSSR count). The highest BCUT2D eigenvalue weighted by atomic mass is 16.1. The van der Waals surface area contributed by atoms with Crippen molar-refractivity contribution in [3.8, 4) is 0 Å². The minimum atomic E-state index is -0.280. The average Bonchev–Trinajstić information content (AvgIpc) is 2.49. The van der Waals surface area contributed by atoms with Crippen LogP contribution in [0.15, 0.2) is 60.7 Å². The van der Waals surface area contributed by atoms with Crippen LogP contribution in [0.25, 0.3) is 0 Å². The fourth-order valence-corrected chi connectivity index (χ4v) is 2.76. The molecule has 0 radical (unpaired) electrons. The van der Waals surface area contributed by atoms with E-state index < -0.39 is 0 Å². The first-order valence-corrected chi connectivity index (χ1v) is 7.34. The van der Waals surface area contributed by atoms with Crippen LogP contribution < -0.4 is 11.1 Å². The molecule has 0 fully saturated rings. The van der Waals surface area contributed by atoms with Gasteiger partial charge in [-0.25, -0.2) is 0 Å². The summed E-state index contributed by atoms with van der Waals surface area (Å²) in [6.07, 6.45) is 0.322. The lowest BCUT2D eigenvalue weighted by atomic mass is 9.83. The Morgan fingerprint density at radius 2 is 1.48 bits per heavy atom. The number of hydrogen-bond donors (Lipinski definition) is 2. The second kappa shape index (κ2) is 7.60. The molecule has 0 aliphatic carbocycles. The summed E-state index contributed by atoms with van der Waals surface area (Å²) in [6, 6.07) is 20.5. The summed E-state index contributed by atoms with van der Waals surface area (Å²) in [6.45, 7) is 2.84. The van der Waals surface area contributed by atoms with Gasteiger partial charge in [-0.2, -0.15) is 0 Å². The largest absolute Gasteiger partial charge is 0.370 e. The Balaban J connectivity index is 2.41. The third kappa shape index (κ3) is 4.17. The van der Waals surface area contributed by atoms with Crippen molar-refractivity contribution in [2.75, 3.05) is 6.54 Å². The van der Waals surface area contributed by atoms with Gasteiger partial charge < -0.3 is 11.1 Å². The van der Waals surface area contributed by atoms with Crippen molar-refractivity contribution in [3.05, 3.63) is 71.8 Å². The van der Waals surface area contributed by atoms with Crippen LogP contribution in [0, 0.1) is 0 Å². The summed E-state index contributed by atoms with van der Waals surface area (Å²) < 4.78 is 0. The Kier molecular flexibility index (Phi) is 5.52. The topological polar surface area (TPSA) is 55.1 Å². The van der Waals surface area contributed by atoms with Gasteiger partial charge in [0.05, 0.1) is 0 Å². The molecule has 1 unspecified atom stereocenters. The van der Waals surface area contributed by atoms with Gasteiger partial charge >= 0.3 is 0 Å². The Morgan fingerprint density at radius 3 is 1.86 bits per heavy atom. The predicted octanol–water partition coefficient (Wildman–Crippen LogP) is 2.67. The Bertz CT molecular complexity index is 514. The maximum Gasteiger partial charge on any atom is 0.219 e. The molecule has 0 bridgehead atoms. The number of likely N-dealkylation sites (N-methyl/N-ethyl adjacent to an activating group) is 1. The van der Waals surface area contributed by atoms with E-state index in [0.717, 1.165) is 6.54 Å². The minimum Gasteiger partial charge on any atom is -0.370 e. The van der Waals surface area contributed by atoms with Gasteiger partial charge in [0.2, 0.25) is 5.91 Å².